The van der Waals surface area contributed by atoms with Gasteiger partial charge in [-0.25, -0.2) is 4.98 Å². The van der Waals surface area contributed by atoms with Gasteiger partial charge >= 0.3 is 0 Å². The molecule has 1 aliphatic heterocycles. The molecule has 0 radical (unpaired) electrons. The van der Waals surface area contributed by atoms with Crippen LogP contribution in [-0.2, 0) is 30.8 Å². The lowest BCUT2D eigenvalue weighted by Crippen LogP contribution is -2.31. The first-order chi connectivity index (χ1) is 16.7. The smallest absolute Gasteiger partial charge is 0.220 e. The van der Waals surface area contributed by atoms with Crippen LogP contribution in [0.5, 0.6) is 0 Å². The van der Waals surface area contributed by atoms with Crippen LogP contribution in [0, 0.1) is 0 Å². The number of rotatable bonds is 8. The summed E-state index contributed by atoms with van der Waals surface area (Å²) in [5, 5.41) is 15.5. The molecule has 0 saturated carbocycles. The molecule has 0 saturated heterocycles. The highest BCUT2D eigenvalue weighted by molar-refractivity contribution is 5.75. The van der Waals surface area contributed by atoms with Gasteiger partial charge < -0.3 is 10.2 Å². The Labute approximate surface area is 198 Å². The molecule has 5 rings (SSSR count). The van der Waals surface area contributed by atoms with E-state index in [-0.39, 0.29) is 5.91 Å². The second-order valence-electron chi connectivity index (χ2n) is 8.42. The van der Waals surface area contributed by atoms with Crippen molar-refractivity contribution in [3.8, 4) is 11.4 Å². The fraction of sp³-hybridized carbons (Fsp3) is 0.269. The Kier molecular flexibility index (Phi) is 6.56. The molecule has 1 amide bonds. The molecule has 2 aromatic carbocycles. The Morgan fingerprint density at radius 1 is 0.971 bits per heavy atom. The zero-order valence-corrected chi connectivity index (χ0v) is 19.0. The number of nitrogens with one attached hydrogen (secondary N) is 1. The van der Waals surface area contributed by atoms with Crippen LogP contribution in [0.3, 0.4) is 0 Å². The molecule has 4 aromatic rings. The predicted octanol–water partition coefficient (Wildman–Crippen LogP) is 3.39. The number of anilines is 1. The molecule has 2 aromatic heterocycles. The molecular formula is C26H27N7O. The van der Waals surface area contributed by atoms with E-state index in [0.717, 1.165) is 36.5 Å². The lowest BCUT2D eigenvalue weighted by molar-refractivity contribution is -0.121. The van der Waals surface area contributed by atoms with E-state index in [2.05, 4.69) is 54.9 Å². The quantitative estimate of drug-likeness (QED) is 0.440. The van der Waals surface area contributed by atoms with Gasteiger partial charge in [0.05, 0.1) is 6.54 Å². The van der Waals surface area contributed by atoms with E-state index in [9.17, 15) is 4.79 Å². The zero-order valence-electron chi connectivity index (χ0n) is 19.0. The summed E-state index contributed by atoms with van der Waals surface area (Å²) in [5.74, 6) is 1.56. The standard InChI is InChI=1S/C26H27N7O/c34-25(11-6-15-33-30-26(29-31-33)22-8-2-1-3-9-22)28-18-20-12-13-24(27-17-20)32-16-14-21-7-4-5-10-23(21)19-32/h1-5,7-10,12-13,17H,6,11,14-16,18-19H2,(H,28,34). The number of aromatic nitrogens is 5. The van der Waals surface area contributed by atoms with E-state index >= 15 is 0 Å². The Balaban J connectivity index is 1.05. The van der Waals surface area contributed by atoms with Crippen LogP contribution in [0.25, 0.3) is 11.4 Å². The summed E-state index contributed by atoms with van der Waals surface area (Å²) in [6, 6.07) is 22.4. The van der Waals surface area contributed by atoms with Crippen molar-refractivity contribution in [3.05, 3.63) is 89.6 Å². The average Bonchev–Trinajstić information content (AvgIpc) is 3.37. The fourth-order valence-electron chi connectivity index (χ4n) is 4.11. The van der Waals surface area contributed by atoms with Crippen LogP contribution >= 0.6 is 0 Å². The number of tetrazole rings is 1. The van der Waals surface area contributed by atoms with E-state index in [1.165, 1.54) is 15.9 Å². The number of nitrogens with zero attached hydrogens (tertiary/aromatic N) is 6. The van der Waals surface area contributed by atoms with Crippen LogP contribution in [-0.4, -0.2) is 37.6 Å². The second-order valence-corrected chi connectivity index (χ2v) is 8.42. The lowest BCUT2D eigenvalue weighted by atomic mass is 10.00. The number of amides is 1. The van der Waals surface area contributed by atoms with Crippen molar-refractivity contribution in [3.63, 3.8) is 0 Å². The van der Waals surface area contributed by atoms with Gasteiger partial charge in [-0.3, -0.25) is 4.79 Å². The second kappa shape index (κ2) is 10.2. The minimum Gasteiger partial charge on any atom is -0.352 e. The maximum Gasteiger partial charge on any atom is 0.220 e. The van der Waals surface area contributed by atoms with Crippen LogP contribution in [0.4, 0.5) is 5.82 Å². The highest BCUT2D eigenvalue weighted by atomic mass is 16.1. The van der Waals surface area contributed by atoms with Crippen molar-refractivity contribution in [2.24, 2.45) is 0 Å². The molecule has 0 fully saturated rings. The van der Waals surface area contributed by atoms with Gasteiger partial charge in [0, 0.05) is 37.8 Å². The Morgan fingerprint density at radius 3 is 2.62 bits per heavy atom. The van der Waals surface area contributed by atoms with Crippen molar-refractivity contribution in [1.29, 1.82) is 0 Å². The molecule has 8 nitrogen and oxygen atoms in total. The van der Waals surface area contributed by atoms with Gasteiger partial charge in [0.25, 0.3) is 0 Å². The van der Waals surface area contributed by atoms with Gasteiger partial charge in [-0.05, 0) is 40.8 Å². The van der Waals surface area contributed by atoms with Crippen molar-refractivity contribution in [2.45, 2.75) is 38.9 Å². The third-order valence-corrected chi connectivity index (χ3v) is 6.00. The third kappa shape index (κ3) is 5.28. The van der Waals surface area contributed by atoms with E-state index < -0.39 is 0 Å². The van der Waals surface area contributed by atoms with Crippen molar-refractivity contribution < 1.29 is 4.79 Å². The molecule has 1 aliphatic rings. The van der Waals surface area contributed by atoms with E-state index in [4.69, 9.17) is 0 Å². The molecule has 0 aliphatic carbocycles. The van der Waals surface area contributed by atoms with Gasteiger partial charge in [-0.15, -0.1) is 10.2 Å². The zero-order chi connectivity index (χ0) is 23.2. The number of fused-ring (bicyclic) bond motifs is 1. The number of benzene rings is 2. The lowest BCUT2D eigenvalue weighted by Gasteiger charge is -2.29. The number of hydrogen-bond acceptors (Lipinski definition) is 6. The minimum absolute atomic E-state index is 0.000104. The first-order valence-electron chi connectivity index (χ1n) is 11.6. The van der Waals surface area contributed by atoms with Crippen LogP contribution in [0.1, 0.15) is 29.5 Å². The molecule has 172 valence electrons. The van der Waals surface area contributed by atoms with Gasteiger partial charge in [0.1, 0.15) is 5.82 Å². The number of aryl methyl sites for hydroxylation is 1. The van der Waals surface area contributed by atoms with Crippen LogP contribution in [0.15, 0.2) is 72.9 Å². The number of carbonyl (C=O) groups is 1. The van der Waals surface area contributed by atoms with Gasteiger partial charge in [-0.2, -0.15) is 4.80 Å². The van der Waals surface area contributed by atoms with Crippen molar-refractivity contribution >= 4 is 11.7 Å². The Morgan fingerprint density at radius 2 is 1.79 bits per heavy atom. The molecule has 0 bridgehead atoms. The maximum atomic E-state index is 12.3. The molecule has 0 spiro atoms. The summed E-state index contributed by atoms with van der Waals surface area (Å²) < 4.78 is 0. The molecule has 0 unspecified atom stereocenters. The van der Waals surface area contributed by atoms with Crippen molar-refractivity contribution in [2.75, 3.05) is 11.4 Å². The van der Waals surface area contributed by atoms with Gasteiger partial charge in [-0.1, -0.05) is 60.7 Å². The van der Waals surface area contributed by atoms with Gasteiger partial charge in [0.15, 0.2) is 0 Å². The first-order valence-corrected chi connectivity index (χ1v) is 11.6. The van der Waals surface area contributed by atoms with Crippen LogP contribution in [0.2, 0.25) is 0 Å². The monoisotopic (exact) mass is 453 g/mol. The van der Waals surface area contributed by atoms with Crippen LogP contribution < -0.4 is 10.2 Å². The summed E-state index contributed by atoms with van der Waals surface area (Å²) in [6.07, 6.45) is 3.93. The van der Waals surface area contributed by atoms with Crippen molar-refractivity contribution in [1.82, 2.24) is 30.5 Å². The van der Waals surface area contributed by atoms with E-state index in [0.29, 0.717) is 31.8 Å². The number of pyridine rings is 1. The molecule has 3 heterocycles. The first kappa shape index (κ1) is 21.8. The fourth-order valence-corrected chi connectivity index (χ4v) is 4.11. The summed E-state index contributed by atoms with van der Waals surface area (Å²) in [4.78, 5) is 20.7. The minimum atomic E-state index is 0.000104. The molecule has 1 N–H and O–H groups in total. The van der Waals surface area contributed by atoms with E-state index in [1.807, 2.05) is 48.7 Å². The molecule has 34 heavy (non-hydrogen) atoms. The molecular weight excluding hydrogens is 426 g/mol. The molecule has 0 atom stereocenters. The third-order valence-electron chi connectivity index (χ3n) is 6.00. The number of hydrogen-bond donors (Lipinski definition) is 1. The summed E-state index contributed by atoms with van der Waals surface area (Å²) in [7, 11) is 0. The molecule has 8 heteroatoms. The predicted molar refractivity (Wildman–Crippen MR) is 130 cm³/mol. The van der Waals surface area contributed by atoms with Gasteiger partial charge in [0.2, 0.25) is 11.7 Å². The maximum absolute atomic E-state index is 12.3. The Bertz CT molecular complexity index is 1240. The highest BCUT2D eigenvalue weighted by Gasteiger charge is 2.16. The summed E-state index contributed by atoms with van der Waals surface area (Å²) in [5.41, 5.74) is 4.70. The van der Waals surface area contributed by atoms with E-state index in [1.54, 1.807) is 0 Å². The average molecular weight is 454 g/mol. The Hall–Kier alpha value is -4.07. The SMILES string of the molecule is O=C(CCCn1nnc(-c2ccccc2)n1)NCc1ccc(N2CCc3ccccc3C2)nc1. The topological polar surface area (TPSA) is 88.8 Å². The largest absolute Gasteiger partial charge is 0.352 e. The summed E-state index contributed by atoms with van der Waals surface area (Å²) in [6.45, 7) is 2.86. The normalized spacial score (nSPS) is 12.9. The highest BCUT2D eigenvalue weighted by Crippen LogP contribution is 2.23. The number of carbonyl (C=O) groups excluding carboxylic acids is 1. The summed E-state index contributed by atoms with van der Waals surface area (Å²) >= 11 is 0.